The van der Waals surface area contributed by atoms with Crippen molar-refractivity contribution in [3.63, 3.8) is 0 Å². The number of methoxy groups -OCH3 is 1. The number of aromatic nitrogens is 3. The minimum Gasteiger partial charge on any atom is -0.468 e. The van der Waals surface area contributed by atoms with E-state index in [1.807, 2.05) is 0 Å². The number of nitrogens with zero attached hydrogens (tertiary/aromatic N) is 4. The van der Waals surface area contributed by atoms with Gasteiger partial charge in [0.05, 0.1) is 20.3 Å². The summed E-state index contributed by atoms with van der Waals surface area (Å²) in [5, 5.41) is 3.94. The summed E-state index contributed by atoms with van der Waals surface area (Å²) in [6.45, 7) is 1.60. The van der Waals surface area contributed by atoms with Crippen LogP contribution < -0.4 is 0 Å². The molecule has 2 fully saturated rings. The summed E-state index contributed by atoms with van der Waals surface area (Å²) in [4.78, 5) is 34.8. The number of fused-ring (bicyclic) bond motifs is 1. The Morgan fingerprint density at radius 1 is 1.36 bits per heavy atom. The summed E-state index contributed by atoms with van der Waals surface area (Å²) in [7, 11) is 1.37. The van der Waals surface area contributed by atoms with Crippen molar-refractivity contribution in [3.8, 4) is 11.4 Å². The summed E-state index contributed by atoms with van der Waals surface area (Å²) >= 11 is 0. The first-order valence-corrected chi connectivity index (χ1v) is 8.79. The van der Waals surface area contributed by atoms with Crippen LogP contribution in [-0.2, 0) is 25.5 Å². The first kappa shape index (κ1) is 20.2. The van der Waals surface area contributed by atoms with Crippen LogP contribution in [0.15, 0.2) is 29.0 Å². The number of amides is 1. The number of carbonyl (C=O) groups excluding carboxylic acids is 2. The molecule has 0 radical (unpaired) electrons. The molecule has 2 aliphatic rings. The molecule has 10 heteroatoms. The zero-order valence-corrected chi connectivity index (χ0v) is 16.2. The van der Waals surface area contributed by atoms with Crippen molar-refractivity contribution in [2.75, 3.05) is 33.4 Å². The lowest BCUT2D eigenvalue weighted by Crippen LogP contribution is -2.41. The molecule has 1 amide bonds. The summed E-state index contributed by atoms with van der Waals surface area (Å²) in [6, 6.07) is 3.58. The maximum absolute atomic E-state index is 12.6. The van der Waals surface area contributed by atoms with Crippen LogP contribution in [0.2, 0.25) is 0 Å². The van der Waals surface area contributed by atoms with E-state index in [4.69, 9.17) is 14.0 Å². The van der Waals surface area contributed by atoms with Crippen molar-refractivity contribution >= 4 is 24.3 Å². The second-order valence-corrected chi connectivity index (χ2v) is 6.88. The van der Waals surface area contributed by atoms with Crippen molar-refractivity contribution in [2.45, 2.75) is 12.8 Å². The van der Waals surface area contributed by atoms with Gasteiger partial charge in [0.25, 0.3) is 0 Å². The van der Waals surface area contributed by atoms with Gasteiger partial charge in [0.1, 0.15) is 5.41 Å². The van der Waals surface area contributed by atoms with Crippen LogP contribution in [0, 0.1) is 11.3 Å². The van der Waals surface area contributed by atoms with Crippen LogP contribution in [-0.4, -0.2) is 65.3 Å². The molecule has 4 heterocycles. The molecule has 4 rings (SSSR count). The molecular weight excluding hydrogens is 388 g/mol. The third kappa shape index (κ3) is 3.59. The van der Waals surface area contributed by atoms with Gasteiger partial charge in [-0.05, 0) is 12.1 Å². The Labute approximate surface area is 167 Å². The van der Waals surface area contributed by atoms with E-state index in [0.29, 0.717) is 44.4 Å². The van der Waals surface area contributed by atoms with Crippen molar-refractivity contribution in [3.05, 3.63) is 30.4 Å². The fraction of sp³-hybridized carbons (Fsp3) is 0.500. The van der Waals surface area contributed by atoms with Crippen molar-refractivity contribution in [1.29, 1.82) is 0 Å². The Morgan fingerprint density at radius 2 is 2.14 bits per heavy atom. The maximum atomic E-state index is 12.6. The number of aryl methyl sites for hydroxylation is 1. The molecule has 2 aromatic heterocycles. The number of pyridine rings is 1. The van der Waals surface area contributed by atoms with Crippen molar-refractivity contribution < 1.29 is 23.6 Å². The van der Waals surface area contributed by atoms with Crippen LogP contribution in [0.5, 0.6) is 0 Å². The number of rotatable bonds is 5. The fourth-order valence-corrected chi connectivity index (χ4v) is 3.76. The highest BCUT2D eigenvalue weighted by atomic mass is 35.5. The molecule has 9 nitrogen and oxygen atoms in total. The molecule has 2 saturated heterocycles. The highest BCUT2D eigenvalue weighted by Gasteiger charge is 2.57. The Kier molecular flexibility index (Phi) is 5.95. The zero-order chi connectivity index (χ0) is 18.9. The highest BCUT2D eigenvalue weighted by Crippen LogP contribution is 2.42. The Balaban J connectivity index is 0.00000225. The van der Waals surface area contributed by atoms with E-state index in [-0.39, 0.29) is 36.6 Å². The number of halogens is 1. The first-order chi connectivity index (χ1) is 13.1. The minimum absolute atomic E-state index is 0. The number of hydrogen-bond donors (Lipinski definition) is 0. The van der Waals surface area contributed by atoms with Crippen LogP contribution in [0.1, 0.15) is 12.3 Å². The van der Waals surface area contributed by atoms with Gasteiger partial charge in [-0.15, -0.1) is 12.4 Å². The van der Waals surface area contributed by atoms with Crippen LogP contribution in [0.25, 0.3) is 11.4 Å². The number of hydrogen-bond acceptors (Lipinski definition) is 8. The normalized spacial score (nSPS) is 23.2. The topological polar surface area (TPSA) is 108 Å². The van der Waals surface area contributed by atoms with E-state index in [9.17, 15) is 9.59 Å². The average Bonchev–Trinajstić information content (AvgIpc) is 3.40. The molecule has 0 saturated carbocycles. The van der Waals surface area contributed by atoms with Gasteiger partial charge in [-0.1, -0.05) is 5.16 Å². The highest BCUT2D eigenvalue weighted by molar-refractivity contribution is 5.85. The van der Waals surface area contributed by atoms with Crippen molar-refractivity contribution in [2.24, 2.45) is 11.3 Å². The summed E-state index contributed by atoms with van der Waals surface area (Å²) in [6.07, 6.45) is 3.89. The second-order valence-electron chi connectivity index (χ2n) is 6.88. The SMILES string of the molecule is COC(=O)[C@@]12COC[C@@H]1CN(C(=O)CCc1nc(-c3ccncc3)no1)C2.Cl. The standard InChI is InChI=1S/C18H20N4O5.ClH/c1-25-17(24)18-10-22(8-13(18)9-26-11-18)15(23)3-2-14-20-16(21-27-14)12-4-6-19-7-5-12;/h4-7,13H,2-3,8-11H2,1H3;1H/t13-,18-;/m0./s1. The molecule has 0 aliphatic carbocycles. The van der Waals surface area contributed by atoms with Crippen LogP contribution >= 0.6 is 12.4 Å². The number of esters is 1. The van der Waals surface area contributed by atoms with E-state index in [0.717, 1.165) is 5.56 Å². The molecule has 2 aromatic rings. The van der Waals surface area contributed by atoms with Gasteiger partial charge in [-0.3, -0.25) is 14.6 Å². The molecule has 0 spiro atoms. The maximum Gasteiger partial charge on any atom is 0.316 e. The summed E-state index contributed by atoms with van der Waals surface area (Å²) in [5.41, 5.74) is 0.0716. The van der Waals surface area contributed by atoms with E-state index >= 15 is 0 Å². The predicted octanol–water partition coefficient (Wildman–Crippen LogP) is 1.13. The smallest absolute Gasteiger partial charge is 0.316 e. The molecule has 0 N–H and O–H groups in total. The van der Waals surface area contributed by atoms with E-state index < -0.39 is 5.41 Å². The molecule has 0 bridgehead atoms. The molecule has 2 aliphatic heterocycles. The lowest BCUT2D eigenvalue weighted by Gasteiger charge is -2.23. The van der Waals surface area contributed by atoms with Gasteiger partial charge < -0.3 is 18.9 Å². The summed E-state index contributed by atoms with van der Waals surface area (Å²) < 4.78 is 15.6. The average molecular weight is 409 g/mol. The van der Waals surface area contributed by atoms with Crippen LogP contribution in [0.3, 0.4) is 0 Å². The second kappa shape index (κ2) is 8.24. The third-order valence-corrected chi connectivity index (χ3v) is 5.28. The third-order valence-electron chi connectivity index (χ3n) is 5.28. The molecular formula is C18H21ClN4O5. The van der Waals surface area contributed by atoms with Gasteiger partial charge in [0.2, 0.25) is 17.6 Å². The van der Waals surface area contributed by atoms with E-state index in [1.165, 1.54) is 7.11 Å². The molecule has 0 aromatic carbocycles. The minimum atomic E-state index is -0.733. The van der Waals surface area contributed by atoms with Gasteiger partial charge >= 0.3 is 5.97 Å². The Bertz CT molecular complexity index is 846. The van der Waals surface area contributed by atoms with E-state index in [1.54, 1.807) is 29.4 Å². The molecule has 28 heavy (non-hydrogen) atoms. The first-order valence-electron chi connectivity index (χ1n) is 8.79. The lowest BCUT2D eigenvalue weighted by molar-refractivity contribution is -0.153. The molecule has 0 unspecified atom stereocenters. The number of likely N-dealkylation sites (tertiary alicyclic amines) is 1. The number of carbonyl (C=O) groups is 2. The predicted molar refractivity (Wildman–Crippen MR) is 98.4 cm³/mol. The van der Waals surface area contributed by atoms with Gasteiger partial charge in [0, 0.05) is 49.8 Å². The van der Waals surface area contributed by atoms with Gasteiger partial charge in [0.15, 0.2) is 0 Å². The van der Waals surface area contributed by atoms with Crippen LogP contribution in [0.4, 0.5) is 0 Å². The monoisotopic (exact) mass is 408 g/mol. The van der Waals surface area contributed by atoms with Gasteiger partial charge in [-0.2, -0.15) is 4.98 Å². The molecule has 150 valence electrons. The van der Waals surface area contributed by atoms with E-state index in [2.05, 4.69) is 15.1 Å². The summed E-state index contributed by atoms with van der Waals surface area (Å²) in [5.74, 6) is 0.504. The quantitative estimate of drug-likeness (QED) is 0.677. The molecule has 2 atom stereocenters. The zero-order valence-electron chi connectivity index (χ0n) is 15.4. The Hall–Kier alpha value is -2.52. The number of ether oxygens (including phenoxy) is 2. The largest absolute Gasteiger partial charge is 0.468 e. The fourth-order valence-electron chi connectivity index (χ4n) is 3.76. The van der Waals surface area contributed by atoms with Crippen molar-refractivity contribution in [1.82, 2.24) is 20.0 Å². The Morgan fingerprint density at radius 3 is 2.89 bits per heavy atom. The van der Waals surface area contributed by atoms with Gasteiger partial charge in [-0.25, -0.2) is 0 Å². The lowest BCUT2D eigenvalue weighted by atomic mass is 9.81.